The van der Waals surface area contributed by atoms with Crippen molar-refractivity contribution in [2.45, 2.75) is 45.4 Å². The highest BCUT2D eigenvalue weighted by molar-refractivity contribution is 5.68. The molecule has 1 saturated heterocycles. The molecule has 0 saturated carbocycles. The molecule has 0 radical (unpaired) electrons. The summed E-state index contributed by atoms with van der Waals surface area (Å²) in [5.41, 5.74) is 1.00. The van der Waals surface area contributed by atoms with Crippen LogP contribution in [0.2, 0.25) is 0 Å². The maximum Gasteiger partial charge on any atom is 0.410 e. The minimum Gasteiger partial charge on any atom is -0.445 e. The van der Waals surface area contributed by atoms with E-state index in [1.807, 2.05) is 35.2 Å². The van der Waals surface area contributed by atoms with Gasteiger partial charge < -0.3 is 14.7 Å². The van der Waals surface area contributed by atoms with Crippen LogP contribution in [0.4, 0.5) is 4.79 Å². The molecule has 1 aliphatic rings. The van der Waals surface area contributed by atoms with Crippen LogP contribution in [0.3, 0.4) is 0 Å². The molecular weight excluding hydrogens is 292 g/mol. The number of nitrogens with zero attached hydrogens (tertiary/aromatic N) is 2. The zero-order valence-corrected chi connectivity index (χ0v) is 14.1. The van der Waals surface area contributed by atoms with Crippen molar-refractivity contribution in [1.82, 2.24) is 9.80 Å². The van der Waals surface area contributed by atoms with Crippen LogP contribution in [-0.2, 0) is 11.3 Å². The summed E-state index contributed by atoms with van der Waals surface area (Å²) >= 11 is 0. The van der Waals surface area contributed by atoms with Gasteiger partial charge in [-0.25, -0.2) is 4.79 Å². The van der Waals surface area contributed by atoms with Crippen LogP contribution in [0.1, 0.15) is 32.3 Å². The van der Waals surface area contributed by atoms with E-state index < -0.39 is 0 Å². The van der Waals surface area contributed by atoms with Crippen molar-refractivity contribution in [2.24, 2.45) is 0 Å². The van der Waals surface area contributed by atoms with Crippen molar-refractivity contribution in [3.8, 4) is 0 Å². The van der Waals surface area contributed by atoms with Gasteiger partial charge in [-0.15, -0.1) is 0 Å². The van der Waals surface area contributed by atoms with Crippen LogP contribution in [0.5, 0.6) is 0 Å². The SMILES string of the molecule is CC(C)N(CCO)C[C@H]1CCCN1C(=O)OCc1ccccc1. The molecule has 0 unspecified atom stereocenters. The molecule has 0 aromatic heterocycles. The van der Waals surface area contributed by atoms with Gasteiger partial charge in [0.1, 0.15) is 6.61 Å². The number of aliphatic hydroxyl groups excluding tert-OH is 1. The van der Waals surface area contributed by atoms with Gasteiger partial charge in [0.05, 0.1) is 6.61 Å². The Morgan fingerprint density at radius 2 is 2.13 bits per heavy atom. The molecule has 1 N–H and O–H groups in total. The van der Waals surface area contributed by atoms with Gasteiger partial charge in [0.2, 0.25) is 0 Å². The van der Waals surface area contributed by atoms with Crippen LogP contribution in [0.25, 0.3) is 0 Å². The molecule has 1 heterocycles. The molecule has 1 fully saturated rings. The molecule has 23 heavy (non-hydrogen) atoms. The smallest absolute Gasteiger partial charge is 0.410 e. The van der Waals surface area contributed by atoms with Crippen molar-refractivity contribution in [3.05, 3.63) is 35.9 Å². The molecule has 1 aromatic rings. The number of carbonyl (C=O) groups is 1. The number of hydrogen-bond donors (Lipinski definition) is 1. The molecule has 5 nitrogen and oxygen atoms in total. The first kappa shape index (κ1) is 17.8. The van der Waals surface area contributed by atoms with Crippen molar-refractivity contribution < 1.29 is 14.6 Å². The third-order valence-electron chi connectivity index (χ3n) is 4.38. The van der Waals surface area contributed by atoms with E-state index in [1.165, 1.54) is 0 Å². The Labute approximate surface area is 138 Å². The van der Waals surface area contributed by atoms with E-state index in [-0.39, 0.29) is 18.7 Å². The maximum atomic E-state index is 12.4. The Morgan fingerprint density at radius 1 is 1.39 bits per heavy atom. The third kappa shape index (κ3) is 5.22. The molecule has 128 valence electrons. The van der Waals surface area contributed by atoms with Crippen LogP contribution in [0, 0.1) is 0 Å². The predicted molar refractivity (Wildman–Crippen MR) is 90.1 cm³/mol. The molecular formula is C18H28N2O3. The van der Waals surface area contributed by atoms with Crippen LogP contribution in [-0.4, -0.2) is 59.3 Å². The first-order chi connectivity index (χ1) is 11.1. The first-order valence-electron chi connectivity index (χ1n) is 8.44. The number of hydrogen-bond acceptors (Lipinski definition) is 4. The fourth-order valence-corrected chi connectivity index (χ4v) is 3.03. The van der Waals surface area contributed by atoms with Crippen molar-refractivity contribution in [3.63, 3.8) is 0 Å². The van der Waals surface area contributed by atoms with Crippen molar-refractivity contribution >= 4 is 6.09 Å². The van der Waals surface area contributed by atoms with E-state index in [9.17, 15) is 9.90 Å². The second kappa shape index (κ2) is 8.89. The number of ether oxygens (including phenoxy) is 1. The third-order valence-corrected chi connectivity index (χ3v) is 4.38. The topological polar surface area (TPSA) is 53.0 Å². The Bertz CT molecular complexity index is 478. The lowest BCUT2D eigenvalue weighted by Gasteiger charge is -2.32. The monoisotopic (exact) mass is 320 g/mol. The summed E-state index contributed by atoms with van der Waals surface area (Å²) in [6.07, 6.45) is 1.77. The number of benzene rings is 1. The van der Waals surface area contributed by atoms with E-state index in [1.54, 1.807) is 0 Å². The summed E-state index contributed by atoms with van der Waals surface area (Å²) in [7, 11) is 0. The lowest BCUT2D eigenvalue weighted by atomic mass is 10.2. The van der Waals surface area contributed by atoms with E-state index >= 15 is 0 Å². The number of aliphatic hydroxyl groups is 1. The average molecular weight is 320 g/mol. The molecule has 1 aromatic carbocycles. The van der Waals surface area contributed by atoms with Crippen molar-refractivity contribution in [1.29, 1.82) is 0 Å². The normalized spacial score (nSPS) is 18.0. The fourth-order valence-electron chi connectivity index (χ4n) is 3.03. The number of carbonyl (C=O) groups excluding carboxylic acids is 1. The van der Waals surface area contributed by atoms with Gasteiger partial charge in [-0.2, -0.15) is 0 Å². The zero-order chi connectivity index (χ0) is 16.7. The van der Waals surface area contributed by atoms with E-state index in [0.717, 1.165) is 31.5 Å². The van der Waals surface area contributed by atoms with Crippen LogP contribution >= 0.6 is 0 Å². The van der Waals surface area contributed by atoms with Crippen LogP contribution in [0.15, 0.2) is 30.3 Å². The molecule has 1 amide bonds. The summed E-state index contributed by atoms with van der Waals surface area (Å²) in [6, 6.07) is 10.3. The summed E-state index contributed by atoms with van der Waals surface area (Å²) in [5, 5.41) is 9.20. The molecule has 2 rings (SSSR count). The van der Waals surface area contributed by atoms with E-state index in [0.29, 0.717) is 19.2 Å². The van der Waals surface area contributed by atoms with Gasteiger partial charge >= 0.3 is 6.09 Å². The molecule has 0 spiro atoms. The van der Waals surface area contributed by atoms with Gasteiger partial charge in [-0.05, 0) is 32.3 Å². The highest BCUT2D eigenvalue weighted by atomic mass is 16.6. The molecule has 0 aliphatic carbocycles. The van der Waals surface area contributed by atoms with Gasteiger partial charge in [-0.1, -0.05) is 30.3 Å². The lowest BCUT2D eigenvalue weighted by molar-refractivity contribution is 0.0767. The second-order valence-corrected chi connectivity index (χ2v) is 6.34. The standard InChI is InChI=1S/C18H28N2O3/c1-15(2)19(11-12-21)13-17-9-6-10-20(17)18(22)23-14-16-7-4-3-5-8-16/h3-5,7-8,15,17,21H,6,9-14H2,1-2H3/t17-/m1/s1. The lowest BCUT2D eigenvalue weighted by Crippen LogP contribution is -2.46. The Kier molecular flexibility index (Phi) is 6.86. The summed E-state index contributed by atoms with van der Waals surface area (Å²) in [6.45, 7) is 6.87. The van der Waals surface area contributed by atoms with E-state index in [4.69, 9.17) is 4.74 Å². The Hall–Kier alpha value is -1.59. The van der Waals surface area contributed by atoms with Gasteiger partial charge in [0.15, 0.2) is 0 Å². The number of rotatable bonds is 7. The fraction of sp³-hybridized carbons (Fsp3) is 0.611. The second-order valence-electron chi connectivity index (χ2n) is 6.34. The minimum absolute atomic E-state index is 0.142. The first-order valence-corrected chi connectivity index (χ1v) is 8.44. The minimum atomic E-state index is -0.232. The highest BCUT2D eigenvalue weighted by Crippen LogP contribution is 2.20. The predicted octanol–water partition coefficient (Wildman–Crippen LogP) is 2.49. The van der Waals surface area contributed by atoms with Gasteiger partial charge in [-0.3, -0.25) is 4.90 Å². The van der Waals surface area contributed by atoms with E-state index in [2.05, 4.69) is 18.7 Å². The average Bonchev–Trinajstić information content (AvgIpc) is 3.01. The quantitative estimate of drug-likeness (QED) is 0.838. The number of likely N-dealkylation sites (tertiary alicyclic amines) is 1. The Balaban J connectivity index is 1.88. The molecule has 5 heteroatoms. The van der Waals surface area contributed by atoms with Crippen molar-refractivity contribution in [2.75, 3.05) is 26.2 Å². The molecule has 0 bridgehead atoms. The molecule has 1 atom stereocenters. The summed E-state index contributed by atoms with van der Waals surface area (Å²) < 4.78 is 5.46. The summed E-state index contributed by atoms with van der Waals surface area (Å²) in [4.78, 5) is 16.4. The van der Waals surface area contributed by atoms with Crippen LogP contribution < -0.4 is 0 Å². The summed E-state index contributed by atoms with van der Waals surface area (Å²) in [5.74, 6) is 0. The number of amides is 1. The Morgan fingerprint density at radius 3 is 2.78 bits per heavy atom. The maximum absolute atomic E-state index is 12.4. The van der Waals surface area contributed by atoms with Gasteiger partial charge in [0, 0.05) is 31.7 Å². The molecule has 1 aliphatic heterocycles. The highest BCUT2D eigenvalue weighted by Gasteiger charge is 2.31. The van der Waals surface area contributed by atoms with Gasteiger partial charge in [0.25, 0.3) is 0 Å². The largest absolute Gasteiger partial charge is 0.445 e. The zero-order valence-electron chi connectivity index (χ0n) is 14.1.